The first kappa shape index (κ1) is 19.2. The fourth-order valence-electron chi connectivity index (χ4n) is 2.51. The van der Waals surface area contributed by atoms with Crippen molar-refractivity contribution in [2.24, 2.45) is 0 Å². The first-order valence-electron chi connectivity index (χ1n) is 8.96. The summed E-state index contributed by atoms with van der Waals surface area (Å²) < 4.78 is 5.17. The van der Waals surface area contributed by atoms with E-state index in [4.69, 9.17) is 4.52 Å². The number of carbonyl (C=O) groups excluding carboxylic acids is 2. The number of rotatable bonds is 8. The van der Waals surface area contributed by atoms with Gasteiger partial charge in [-0.25, -0.2) is 0 Å². The van der Waals surface area contributed by atoms with Gasteiger partial charge in [-0.1, -0.05) is 35.5 Å². The van der Waals surface area contributed by atoms with Gasteiger partial charge in [-0.3, -0.25) is 14.6 Å². The second-order valence-electron chi connectivity index (χ2n) is 6.24. The molecule has 1 aromatic carbocycles. The standard InChI is InChI=1S/C20H21N5O3/c1-14(20(27)22-13-15-5-3-2-4-6-15)23-17(26)7-8-18-24-19(25-28-18)16-9-11-21-12-10-16/h2-6,9-12,14H,7-8,13H2,1H3,(H,22,27)(H,23,26). The van der Waals surface area contributed by atoms with Crippen LogP contribution in [0.15, 0.2) is 59.4 Å². The average molecular weight is 379 g/mol. The molecule has 2 heterocycles. The molecule has 0 aliphatic rings. The quantitative estimate of drug-likeness (QED) is 0.618. The van der Waals surface area contributed by atoms with Gasteiger partial charge in [-0.05, 0) is 24.6 Å². The van der Waals surface area contributed by atoms with Crippen molar-refractivity contribution >= 4 is 11.8 Å². The van der Waals surface area contributed by atoms with E-state index in [-0.39, 0.29) is 18.2 Å². The number of nitrogens with zero attached hydrogens (tertiary/aromatic N) is 3. The number of amides is 2. The zero-order valence-electron chi connectivity index (χ0n) is 15.5. The van der Waals surface area contributed by atoms with Crippen molar-refractivity contribution in [1.29, 1.82) is 0 Å². The molecule has 0 saturated heterocycles. The van der Waals surface area contributed by atoms with Crippen molar-refractivity contribution in [3.8, 4) is 11.4 Å². The fourth-order valence-corrected chi connectivity index (χ4v) is 2.51. The van der Waals surface area contributed by atoms with Gasteiger partial charge < -0.3 is 15.2 Å². The monoisotopic (exact) mass is 379 g/mol. The summed E-state index contributed by atoms with van der Waals surface area (Å²) in [5.74, 6) is 0.315. The van der Waals surface area contributed by atoms with Gasteiger partial charge in [-0.15, -0.1) is 0 Å². The van der Waals surface area contributed by atoms with Gasteiger partial charge in [0.05, 0.1) is 0 Å². The third-order valence-corrected chi connectivity index (χ3v) is 4.05. The second-order valence-corrected chi connectivity index (χ2v) is 6.24. The molecule has 3 aromatic rings. The number of pyridine rings is 1. The molecule has 1 atom stereocenters. The van der Waals surface area contributed by atoms with Gasteiger partial charge in [0.2, 0.25) is 23.5 Å². The van der Waals surface area contributed by atoms with Gasteiger partial charge >= 0.3 is 0 Å². The molecule has 0 spiro atoms. The van der Waals surface area contributed by atoms with Crippen molar-refractivity contribution in [3.63, 3.8) is 0 Å². The van der Waals surface area contributed by atoms with Crippen LogP contribution in [-0.4, -0.2) is 33.0 Å². The predicted molar refractivity (Wildman–Crippen MR) is 102 cm³/mol. The molecule has 0 aliphatic carbocycles. The molecule has 0 aliphatic heterocycles. The van der Waals surface area contributed by atoms with Crippen LogP contribution in [0.25, 0.3) is 11.4 Å². The minimum atomic E-state index is -0.633. The number of nitrogens with one attached hydrogen (secondary N) is 2. The van der Waals surface area contributed by atoms with E-state index >= 15 is 0 Å². The first-order chi connectivity index (χ1) is 13.6. The average Bonchev–Trinajstić information content (AvgIpc) is 3.21. The summed E-state index contributed by atoms with van der Waals surface area (Å²) >= 11 is 0. The van der Waals surface area contributed by atoms with Gasteiger partial charge in [0.1, 0.15) is 6.04 Å². The van der Waals surface area contributed by atoms with E-state index in [1.807, 2.05) is 30.3 Å². The molecule has 3 rings (SSSR count). The summed E-state index contributed by atoms with van der Waals surface area (Å²) in [6.07, 6.45) is 3.72. The summed E-state index contributed by atoms with van der Waals surface area (Å²) in [6, 6.07) is 12.5. The minimum Gasteiger partial charge on any atom is -0.350 e. The maximum Gasteiger partial charge on any atom is 0.242 e. The van der Waals surface area contributed by atoms with Crippen LogP contribution in [0.1, 0.15) is 24.8 Å². The number of hydrogen-bond acceptors (Lipinski definition) is 6. The topological polar surface area (TPSA) is 110 Å². The van der Waals surface area contributed by atoms with E-state index in [1.54, 1.807) is 31.5 Å². The highest BCUT2D eigenvalue weighted by Gasteiger charge is 2.16. The zero-order valence-corrected chi connectivity index (χ0v) is 15.5. The molecule has 2 N–H and O–H groups in total. The van der Waals surface area contributed by atoms with Crippen LogP contribution in [0.3, 0.4) is 0 Å². The maximum absolute atomic E-state index is 12.1. The van der Waals surface area contributed by atoms with Crippen molar-refractivity contribution in [2.45, 2.75) is 32.4 Å². The molecule has 8 heteroatoms. The Morgan fingerprint density at radius 1 is 1.11 bits per heavy atom. The summed E-state index contributed by atoms with van der Waals surface area (Å²) in [4.78, 5) is 32.4. The van der Waals surface area contributed by atoms with Crippen molar-refractivity contribution in [1.82, 2.24) is 25.8 Å². The molecule has 28 heavy (non-hydrogen) atoms. The molecule has 1 unspecified atom stereocenters. The Bertz CT molecular complexity index is 912. The number of carbonyl (C=O) groups is 2. The van der Waals surface area contributed by atoms with E-state index in [0.717, 1.165) is 11.1 Å². The lowest BCUT2D eigenvalue weighted by Crippen LogP contribution is -2.44. The highest BCUT2D eigenvalue weighted by atomic mass is 16.5. The van der Waals surface area contributed by atoms with Crippen molar-refractivity contribution < 1.29 is 14.1 Å². The SMILES string of the molecule is CC(NC(=O)CCc1nc(-c2ccncc2)no1)C(=O)NCc1ccccc1. The first-order valence-corrected chi connectivity index (χ1v) is 8.96. The minimum absolute atomic E-state index is 0.147. The molecular formula is C20H21N5O3. The Morgan fingerprint density at radius 2 is 1.86 bits per heavy atom. The zero-order chi connectivity index (χ0) is 19.8. The summed E-state index contributed by atoms with van der Waals surface area (Å²) in [5, 5.41) is 9.37. The van der Waals surface area contributed by atoms with E-state index in [0.29, 0.717) is 24.7 Å². The van der Waals surface area contributed by atoms with Gasteiger partial charge in [0, 0.05) is 37.3 Å². The number of aryl methyl sites for hydroxylation is 1. The lowest BCUT2D eigenvalue weighted by molar-refractivity contribution is -0.128. The summed E-state index contributed by atoms with van der Waals surface area (Å²) in [5.41, 5.74) is 1.79. The molecule has 2 amide bonds. The maximum atomic E-state index is 12.1. The third kappa shape index (κ3) is 5.47. The van der Waals surface area contributed by atoms with Gasteiger partial charge in [0.25, 0.3) is 0 Å². The van der Waals surface area contributed by atoms with Crippen molar-refractivity contribution in [3.05, 3.63) is 66.3 Å². The second kappa shape index (κ2) is 9.40. The van der Waals surface area contributed by atoms with Crippen LogP contribution in [0, 0.1) is 0 Å². The lowest BCUT2D eigenvalue weighted by Gasteiger charge is -2.14. The van der Waals surface area contributed by atoms with E-state index in [9.17, 15) is 9.59 Å². The molecule has 0 saturated carbocycles. The number of benzene rings is 1. The van der Waals surface area contributed by atoms with Crippen LogP contribution in [-0.2, 0) is 22.6 Å². The Morgan fingerprint density at radius 3 is 2.61 bits per heavy atom. The van der Waals surface area contributed by atoms with Gasteiger partial charge in [0.15, 0.2) is 0 Å². The van der Waals surface area contributed by atoms with Crippen LogP contribution < -0.4 is 10.6 Å². The summed E-state index contributed by atoms with van der Waals surface area (Å²) in [6.45, 7) is 2.06. The van der Waals surface area contributed by atoms with Crippen LogP contribution in [0.2, 0.25) is 0 Å². The molecule has 0 radical (unpaired) electrons. The fraction of sp³-hybridized carbons (Fsp3) is 0.250. The van der Waals surface area contributed by atoms with Gasteiger partial charge in [-0.2, -0.15) is 4.98 Å². The molecule has 0 bridgehead atoms. The Labute approximate surface area is 162 Å². The molecule has 8 nitrogen and oxygen atoms in total. The van der Waals surface area contributed by atoms with Crippen LogP contribution in [0.4, 0.5) is 0 Å². The molecule has 144 valence electrons. The smallest absolute Gasteiger partial charge is 0.242 e. The number of hydrogen-bond donors (Lipinski definition) is 2. The number of aromatic nitrogens is 3. The van der Waals surface area contributed by atoms with E-state index < -0.39 is 6.04 Å². The van der Waals surface area contributed by atoms with Crippen LogP contribution >= 0.6 is 0 Å². The molecular weight excluding hydrogens is 358 g/mol. The van der Waals surface area contributed by atoms with Crippen molar-refractivity contribution in [2.75, 3.05) is 0 Å². The highest BCUT2D eigenvalue weighted by Crippen LogP contribution is 2.14. The highest BCUT2D eigenvalue weighted by molar-refractivity contribution is 5.87. The predicted octanol–water partition coefficient (Wildman–Crippen LogP) is 1.89. The summed E-state index contributed by atoms with van der Waals surface area (Å²) in [7, 11) is 0. The Kier molecular flexibility index (Phi) is 6.46. The normalized spacial score (nSPS) is 11.6. The van der Waals surface area contributed by atoms with E-state index in [1.165, 1.54) is 0 Å². The lowest BCUT2D eigenvalue weighted by atomic mass is 10.2. The Balaban J connectivity index is 1.42. The van der Waals surface area contributed by atoms with E-state index in [2.05, 4.69) is 25.8 Å². The largest absolute Gasteiger partial charge is 0.350 e. The van der Waals surface area contributed by atoms with Crippen LogP contribution in [0.5, 0.6) is 0 Å². The molecule has 0 fully saturated rings. The third-order valence-electron chi connectivity index (χ3n) is 4.05. The Hall–Kier alpha value is -3.55. The molecule has 2 aromatic heterocycles.